The number of halogens is 11. The van der Waals surface area contributed by atoms with Crippen LogP contribution in [0, 0.1) is 0 Å². The van der Waals surface area contributed by atoms with Crippen molar-refractivity contribution in [2.24, 2.45) is 0 Å². The van der Waals surface area contributed by atoms with Gasteiger partial charge in [0.1, 0.15) is 0 Å². The molecular formula is C5H3Cl11LiO4P. The smallest absolute Gasteiger partial charge is 1.00 e. The predicted molar refractivity (Wildman–Crippen MR) is 92.3 cm³/mol. The molecule has 0 aromatic rings. The third-order valence-corrected chi connectivity index (χ3v) is 9.15. The third-order valence-electron chi connectivity index (χ3n) is 1.74. The average molecular weight is 555 g/mol. The molecule has 130 valence electrons. The predicted octanol–water partition coefficient (Wildman–Crippen LogP) is 3.24. The molecule has 0 spiro atoms. The molecule has 0 aliphatic rings. The fourth-order valence-electron chi connectivity index (χ4n) is 0.765. The Morgan fingerprint density at radius 3 is 1.27 bits per heavy atom. The zero-order valence-corrected chi connectivity index (χ0v) is 19.0. The van der Waals surface area contributed by atoms with Gasteiger partial charge in [0.25, 0.3) is 4.52 Å². The minimum Gasteiger partial charge on any atom is -1.00 e. The van der Waals surface area contributed by atoms with Gasteiger partial charge in [-0.05, 0) is 0 Å². The van der Waals surface area contributed by atoms with Crippen LogP contribution in [0.15, 0.2) is 0 Å². The molecule has 2 N–H and O–H groups in total. The topological polar surface area (TPSA) is 66.8 Å². The summed E-state index contributed by atoms with van der Waals surface area (Å²) in [7, 11) is -5.28. The standard InChI is InChI=1S/C5H2Cl11O4P.Li.H/c6-1(7,2(8,9)4(12,13)14)3(10,11)5(15,16)20-21(17,18)19;;/h(H2,17,18,19);;/q;+1;-1. The maximum atomic E-state index is 10.8. The minimum absolute atomic E-state index is 0. The molecule has 0 aliphatic heterocycles. The van der Waals surface area contributed by atoms with Crippen molar-refractivity contribution < 1.29 is 39.2 Å². The van der Waals surface area contributed by atoms with Crippen LogP contribution in [-0.2, 0) is 9.09 Å². The van der Waals surface area contributed by atoms with E-state index in [9.17, 15) is 4.57 Å². The first-order valence-corrected chi connectivity index (χ1v) is 9.74. The Bertz CT molecular complexity index is 448. The van der Waals surface area contributed by atoms with Gasteiger partial charge in [-0.15, -0.1) is 0 Å². The Labute approximate surface area is 194 Å². The van der Waals surface area contributed by atoms with Crippen molar-refractivity contribution in [2.75, 3.05) is 0 Å². The molecule has 4 nitrogen and oxygen atoms in total. The van der Waals surface area contributed by atoms with Crippen molar-refractivity contribution in [3.8, 4) is 0 Å². The SMILES string of the molecule is O=P(O)(O)OC(Cl)(Cl)C(Cl)(Cl)C(Cl)(Cl)C(Cl)(Cl)C(Cl)(Cl)Cl.[H-].[Li+]. The van der Waals surface area contributed by atoms with Gasteiger partial charge in [-0.2, -0.15) is 0 Å². The second-order valence-electron chi connectivity index (χ2n) is 3.32. The fraction of sp³-hybridized carbons (Fsp3) is 1.00. The summed E-state index contributed by atoms with van der Waals surface area (Å²) < 4.78 is 0.525. The molecule has 0 aromatic carbocycles. The molecule has 0 saturated heterocycles. The van der Waals surface area contributed by atoms with Crippen molar-refractivity contribution in [3.63, 3.8) is 0 Å². The number of alkyl halides is 11. The monoisotopic (exact) mass is 550 g/mol. The molecule has 22 heavy (non-hydrogen) atoms. The molecule has 0 unspecified atom stereocenters. The number of phosphoric acid groups is 1. The Hall–Kier alpha value is 3.90. The molecule has 0 saturated carbocycles. The first-order chi connectivity index (χ1) is 8.71. The normalized spacial score (nSPS) is 15.5. The number of hydrogen-bond donors (Lipinski definition) is 2. The summed E-state index contributed by atoms with van der Waals surface area (Å²) in [5.74, 6) is 0. The summed E-state index contributed by atoms with van der Waals surface area (Å²) in [4.78, 5) is 17.4. The fourth-order valence-corrected chi connectivity index (χ4v) is 4.43. The Balaban J connectivity index is -0.00000200. The Kier molecular flexibility index (Phi) is 10.9. The third kappa shape index (κ3) is 5.95. The van der Waals surface area contributed by atoms with Crippen LogP contribution in [0.3, 0.4) is 0 Å². The molecule has 0 aromatic heterocycles. The number of rotatable bonds is 5. The van der Waals surface area contributed by atoms with Gasteiger partial charge in [0.2, 0.25) is 12.5 Å². The van der Waals surface area contributed by atoms with Gasteiger partial charge < -0.3 is 11.2 Å². The van der Waals surface area contributed by atoms with Crippen molar-refractivity contribution in [1.29, 1.82) is 0 Å². The van der Waals surface area contributed by atoms with Gasteiger partial charge in [-0.25, -0.2) is 9.09 Å². The van der Waals surface area contributed by atoms with E-state index in [4.69, 9.17) is 137 Å². The van der Waals surface area contributed by atoms with Gasteiger partial charge in [0.15, 0.2) is 4.33 Å². The van der Waals surface area contributed by atoms with Crippen LogP contribution in [0.4, 0.5) is 0 Å². The molecule has 17 heteroatoms. The summed E-state index contributed by atoms with van der Waals surface area (Å²) >= 11 is 62.1. The van der Waals surface area contributed by atoms with Crippen molar-refractivity contribution in [3.05, 3.63) is 0 Å². The van der Waals surface area contributed by atoms with E-state index in [2.05, 4.69) is 4.52 Å². The molecule has 0 heterocycles. The zero-order valence-electron chi connectivity index (χ0n) is 10.8. The summed E-state index contributed by atoms with van der Waals surface area (Å²) in [6.45, 7) is 0. The molecule has 0 fully saturated rings. The molecule has 0 rings (SSSR count). The van der Waals surface area contributed by atoms with Gasteiger partial charge in [0.05, 0.1) is 0 Å². The van der Waals surface area contributed by atoms with E-state index in [1.165, 1.54) is 0 Å². The van der Waals surface area contributed by atoms with Crippen LogP contribution >= 0.6 is 135 Å². The first-order valence-electron chi connectivity index (χ1n) is 4.05. The van der Waals surface area contributed by atoms with Gasteiger partial charge in [-0.3, -0.25) is 0 Å². The molecule has 0 aliphatic carbocycles. The van der Waals surface area contributed by atoms with Crippen LogP contribution < -0.4 is 18.9 Å². The van der Waals surface area contributed by atoms with Crippen LogP contribution in [0.1, 0.15) is 1.43 Å². The molecule has 0 atom stereocenters. The van der Waals surface area contributed by atoms with E-state index < -0.39 is 29.1 Å². The molecule has 0 amide bonds. The Morgan fingerprint density at radius 2 is 1.05 bits per heavy atom. The number of hydrogen-bond acceptors (Lipinski definition) is 2. The summed E-state index contributed by atoms with van der Waals surface area (Å²) in [6, 6.07) is 0. The molecule has 0 radical (unpaired) electrons. The van der Waals surface area contributed by atoms with E-state index in [0.29, 0.717) is 0 Å². The van der Waals surface area contributed by atoms with E-state index in [1.807, 2.05) is 0 Å². The molecule has 0 bridgehead atoms. The van der Waals surface area contributed by atoms with Crippen molar-refractivity contribution in [1.82, 2.24) is 0 Å². The quantitative estimate of drug-likeness (QED) is 0.311. The van der Waals surface area contributed by atoms with Crippen LogP contribution in [0.2, 0.25) is 0 Å². The van der Waals surface area contributed by atoms with Crippen LogP contribution in [0.5, 0.6) is 0 Å². The second-order valence-corrected chi connectivity index (χ2v) is 12.0. The van der Waals surface area contributed by atoms with Gasteiger partial charge >= 0.3 is 26.7 Å². The van der Waals surface area contributed by atoms with Crippen LogP contribution in [0.25, 0.3) is 0 Å². The largest absolute Gasteiger partial charge is 1.00 e. The maximum absolute atomic E-state index is 10.8. The van der Waals surface area contributed by atoms with Crippen molar-refractivity contribution in [2.45, 2.75) is 21.3 Å². The van der Waals surface area contributed by atoms with Gasteiger partial charge in [0, 0.05) is 0 Å². The van der Waals surface area contributed by atoms with Gasteiger partial charge in [-0.1, -0.05) is 128 Å². The summed E-state index contributed by atoms with van der Waals surface area (Å²) in [6.07, 6.45) is 0. The van der Waals surface area contributed by atoms with E-state index in [1.54, 1.807) is 0 Å². The second kappa shape index (κ2) is 8.50. The van der Waals surface area contributed by atoms with Crippen LogP contribution in [-0.4, -0.2) is 31.1 Å². The minimum atomic E-state index is -5.28. The summed E-state index contributed by atoms with van der Waals surface area (Å²) in [5.41, 5.74) is 0. The zero-order chi connectivity index (χ0) is 17.7. The average Bonchev–Trinajstić information content (AvgIpc) is 2.10. The molecular weight excluding hydrogens is 552 g/mol. The van der Waals surface area contributed by atoms with E-state index in [-0.39, 0.29) is 20.3 Å². The maximum Gasteiger partial charge on any atom is 1.00 e. The number of phosphoric ester groups is 1. The van der Waals surface area contributed by atoms with Crippen molar-refractivity contribution >= 4 is 135 Å². The van der Waals surface area contributed by atoms with E-state index >= 15 is 0 Å². The Morgan fingerprint density at radius 1 is 0.727 bits per heavy atom. The summed E-state index contributed by atoms with van der Waals surface area (Å²) in [5, 5.41) is 0. The first kappa shape index (κ1) is 28.1. The van der Waals surface area contributed by atoms with E-state index in [0.717, 1.165) is 0 Å².